The van der Waals surface area contributed by atoms with Gasteiger partial charge >= 0.3 is 6.18 Å². The lowest BCUT2D eigenvalue weighted by Crippen LogP contribution is -2.47. The number of rotatable bonds is 5. The highest BCUT2D eigenvalue weighted by Crippen LogP contribution is 2.20. The van der Waals surface area contributed by atoms with Gasteiger partial charge in [0.05, 0.1) is 6.54 Å². The van der Waals surface area contributed by atoms with Gasteiger partial charge in [-0.05, 0) is 25.8 Å². The maximum Gasteiger partial charge on any atom is 0.406 e. The molecule has 1 aliphatic rings. The van der Waals surface area contributed by atoms with Gasteiger partial charge in [-0.3, -0.25) is 9.69 Å². The minimum absolute atomic E-state index is 0.00273. The number of nitrogens with zero attached hydrogens (tertiary/aromatic N) is 2. The van der Waals surface area contributed by atoms with E-state index in [1.807, 2.05) is 4.90 Å². The van der Waals surface area contributed by atoms with Gasteiger partial charge in [0.2, 0.25) is 5.91 Å². The maximum absolute atomic E-state index is 12.2. The van der Waals surface area contributed by atoms with Crippen LogP contribution >= 0.6 is 0 Å². The summed E-state index contributed by atoms with van der Waals surface area (Å²) in [6, 6.07) is 0.0991. The van der Waals surface area contributed by atoms with E-state index in [4.69, 9.17) is 5.11 Å². The highest BCUT2D eigenvalue weighted by Gasteiger charge is 2.32. The van der Waals surface area contributed by atoms with Crippen LogP contribution in [-0.4, -0.2) is 66.3 Å². The first-order chi connectivity index (χ1) is 8.83. The molecule has 0 saturated carbocycles. The number of amides is 1. The Morgan fingerprint density at radius 1 is 1.42 bits per heavy atom. The number of piperidine rings is 1. The molecule has 0 aliphatic carbocycles. The molecule has 1 rings (SSSR count). The summed E-state index contributed by atoms with van der Waals surface area (Å²) in [7, 11) is 1.17. The summed E-state index contributed by atoms with van der Waals surface area (Å²) in [6.45, 7) is -0.481. The van der Waals surface area contributed by atoms with Gasteiger partial charge in [0, 0.05) is 19.7 Å². The molecule has 7 heteroatoms. The minimum Gasteiger partial charge on any atom is -0.396 e. The van der Waals surface area contributed by atoms with E-state index in [-0.39, 0.29) is 19.2 Å². The molecule has 1 saturated heterocycles. The second kappa shape index (κ2) is 7.09. The summed E-state index contributed by atoms with van der Waals surface area (Å²) < 4.78 is 36.6. The summed E-state index contributed by atoms with van der Waals surface area (Å²) in [6.07, 6.45) is -0.935. The van der Waals surface area contributed by atoms with Crippen molar-refractivity contribution in [1.82, 2.24) is 9.80 Å². The Morgan fingerprint density at radius 3 is 2.68 bits per heavy atom. The molecule has 0 spiro atoms. The summed E-state index contributed by atoms with van der Waals surface area (Å²) >= 11 is 0. The molecule has 0 aromatic heterocycles. The number of likely N-dealkylation sites (N-methyl/N-ethyl adjacent to an activating group) is 1. The van der Waals surface area contributed by atoms with Crippen LogP contribution in [0.25, 0.3) is 0 Å². The Bertz CT molecular complexity index is 295. The molecule has 1 heterocycles. The SMILES string of the molecule is CN(CC(F)(F)F)C(=O)CN1CCCC[C@@H]1CCO. The smallest absolute Gasteiger partial charge is 0.396 e. The van der Waals surface area contributed by atoms with Gasteiger partial charge in [0.15, 0.2) is 0 Å². The number of aliphatic hydroxyl groups excluding tert-OH is 1. The Hall–Kier alpha value is -0.820. The predicted octanol–water partition coefficient (Wildman–Crippen LogP) is 1.24. The van der Waals surface area contributed by atoms with Crippen LogP contribution in [0, 0.1) is 0 Å². The van der Waals surface area contributed by atoms with E-state index in [0.717, 1.165) is 19.3 Å². The number of alkyl halides is 3. The normalized spacial score (nSPS) is 21.4. The Kier molecular flexibility index (Phi) is 6.06. The molecule has 0 aromatic rings. The molecular formula is C12H21F3N2O2. The first-order valence-electron chi connectivity index (χ1n) is 6.49. The topological polar surface area (TPSA) is 43.8 Å². The molecule has 1 aliphatic heterocycles. The number of carbonyl (C=O) groups excluding carboxylic acids is 1. The number of hydrogen-bond acceptors (Lipinski definition) is 3. The average molecular weight is 282 g/mol. The van der Waals surface area contributed by atoms with Crippen LogP contribution in [0.4, 0.5) is 13.2 Å². The van der Waals surface area contributed by atoms with Gasteiger partial charge in [-0.15, -0.1) is 0 Å². The van der Waals surface area contributed by atoms with Crippen molar-refractivity contribution in [3.8, 4) is 0 Å². The fraction of sp³-hybridized carbons (Fsp3) is 0.917. The van der Waals surface area contributed by atoms with Gasteiger partial charge in [-0.2, -0.15) is 13.2 Å². The summed E-state index contributed by atoms with van der Waals surface area (Å²) in [4.78, 5) is 14.4. The van der Waals surface area contributed by atoms with Crippen molar-refractivity contribution in [3.63, 3.8) is 0 Å². The molecule has 0 bridgehead atoms. The minimum atomic E-state index is -4.36. The van der Waals surface area contributed by atoms with Crippen molar-refractivity contribution < 1.29 is 23.1 Å². The summed E-state index contributed by atoms with van der Waals surface area (Å²) in [5.74, 6) is -0.526. The van der Waals surface area contributed by atoms with E-state index in [2.05, 4.69) is 0 Å². The van der Waals surface area contributed by atoms with E-state index in [9.17, 15) is 18.0 Å². The lowest BCUT2D eigenvalue weighted by molar-refractivity contribution is -0.159. The molecule has 1 atom stereocenters. The van der Waals surface area contributed by atoms with Crippen LogP contribution < -0.4 is 0 Å². The second-order valence-electron chi connectivity index (χ2n) is 5.00. The van der Waals surface area contributed by atoms with Crippen LogP contribution in [0.15, 0.2) is 0 Å². The molecule has 0 unspecified atom stereocenters. The molecule has 0 aromatic carbocycles. The first-order valence-corrected chi connectivity index (χ1v) is 6.49. The van der Waals surface area contributed by atoms with Crippen LogP contribution in [0.5, 0.6) is 0 Å². The van der Waals surface area contributed by atoms with Crippen molar-refractivity contribution in [2.24, 2.45) is 0 Å². The summed E-state index contributed by atoms with van der Waals surface area (Å²) in [5.41, 5.74) is 0. The fourth-order valence-corrected chi connectivity index (χ4v) is 2.40. The van der Waals surface area contributed by atoms with E-state index >= 15 is 0 Å². The van der Waals surface area contributed by atoms with Gasteiger partial charge in [-0.25, -0.2) is 0 Å². The van der Waals surface area contributed by atoms with Crippen LogP contribution in [0.2, 0.25) is 0 Å². The third kappa shape index (κ3) is 5.78. The summed E-state index contributed by atoms with van der Waals surface area (Å²) in [5, 5.41) is 8.96. The Labute approximate surface area is 111 Å². The van der Waals surface area contributed by atoms with Crippen molar-refractivity contribution in [3.05, 3.63) is 0 Å². The van der Waals surface area contributed by atoms with Crippen molar-refractivity contribution in [2.45, 2.75) is 37.9 Å². The Balaban J connectivity index is 2.49. The molecule has 4 nitrogen and oxygen atoms in total. The lowest BCUT2D eigenvalue weighted by atomic mass is 9.99. The zero-order valence-electron chi connectivity index (χ0n) is 11.1. The third-order valence-corrected chi connectivity index (χ3v) is 3.39. The number of aliphatic hydroxyl groups is 1. The van der Waals surface area contributed by atoms with Crippen molar-refractivity contribution >= 4 is 5.91 Å². The zero-order valence-corrected chi connectivity index (χ0v) is 11.1. The quantitative estimate of drug-likeness (QED) is 0.825. The van der Waals surface area contributed by atoms with Gasteiger partial charge in [0.1, 0.15) is 6.54 Å². The molecule has 1 fully saturated rings. The highest BCUT2D eigenvalue weighted by molar-refractivity contribution is 5.78. The fourth-order valence-electron chi connectivity index (χ4n) is 2.40. The van der Waals surface area contributed by atoms with Crippen molar-refractivity contribution in [2.75, 3.05) is 33.3 Å². The monoisotopic (exact) mass is 282 g/mol. The van der Waals surface area contributed by atoms with E-state index < -0.39 is 18.6 Å². The van der Waals surface area contributed by atoms with E-state index in [1.165, 1.54) is 7.05 Å². The van der Waals surface area contributed by atoms with Crippen LogP contribution in [-0.2, 0) is 4.79 Å². The molecule has 19 heavy (non-hydrogen) atoms. The number of carbonyl (C=O) groups is 1. The molecule has 0 radical (unpaired) electrons. The highest BCUT2D eigenvalue weighted by atomic mass is 19.4. The number of likely N-dealkylation sites (tertiary alicyclic amines) is 1. The van der Waals surface area contributed by atoms with Gasteiger partial charge in [0.25, 0.3) is 0 Å². The zero-order chi connectivity index (χ0) is 14.5. The predicted molar refractivity (Wildman–Crippen MR) is 64.6 cm³/mol. The molecular weight excluding hydrogens is 261 g/mol. The number of hydrogen-bond donors (Lipinski definition) is 1. The lowest BCUT2D eigenvalue weighted by Gasteiger charge is -2.35. The molecule has 1 N–H and O–H groups in total. The third-order valence-electron chi connectivity index (χ3n) is 3.39. The van der Waals surface area contributed by atoms with Gasteiger partial charge < -0.3 is 10.0 Å². The van der Waals surface area contributed by atoms with Crippen LogP contribution in [0.3, 0.4) is 0 Å². The standard InChI is InChI=1S/C12H21F3N2O2/c1-16(9-12(13,14)15)11(19)8-17-6-3-2-4-10(17)5-7-18/h10,18H,2-9H2,1H3/t10-/m1/s1. The average Bonchev–Trinajstić information content (AvgIpc) is 2.29. The van der Waals surface area contributed by atoms with E-state index in [1.54, 1.807) is 0 Å². The molecule has 112 valence electrons. The molecule has 1 amide bonds. The largest absolute Gasteiger partial charge is 0.406 e. The van der Waals surface area contributed by atoms with E-state index in [0.29, 0.717) is 17.9 Å². The first kappa shape index (κ1) is 16.2. The number of halogens is 3. The van der Waals surface area contributed by atoms with Gasteiger partial charge in [-0.1, -0.05) is 6.42 Å². The maximum atomic E-state index is 12.2. The second-order valence-corrected chi connectivity index (χ2v) is 5.00. The van der Waals surface area contributed by atoms with Crippen LogP contribution in [0.1, 0.15) is 25.7 Å². The Morgan fingerprint density at radius 2 is 2.11 bits per heavy atom. The van der Waals surface area contributed by atoms with Crippen molar-refractivity contribution in [1.29, 1.82) is 0 Å².